The zero-order valence-corrected chi connectivity index (χ0v) is 18.4. The third-order valence-corrected chi connectivity index (χ3v) is 5.35. The quantitative estimate of drug-likeness (QED) is 0.241. The van der Waals surface area contributed by atoms with Crippen LogP contribution in [0.3, 0.4) is 0 Å². The van der Waals surface area contributed by atoms with Gasteiger partial charge in [0.1, 0.15) is 6.67 Å². The normalized spacial score (nSPS) is 13.7. The second-order valence-electron chi connectivity index (χ2n) is 7.19. The van der Waals surface area contributed by atoms with Gasteiger partial charge in [0.25, 0.3) is 0 Å². The van der Waals surface area contributed by atoms with Crippen LogP contribution in [-0.2, 0) is 16.2 Å². The maximum atomic E-state index is 12.5. The summed E-state index contributed by atoms with van der Waals surface area (Å²) in [6.07, 6.45) is 9.88. The highest BCUT2D eigenvalue weighted by Gasteiger charge is 2.14. The van der Waals surface area contributed by atoms with E-state index < -0.39 is 0 Å². The number of nitrogens with zero attached hydrogens (tertiary/aromatic N) is 7. The van der Waals surface area contributed by atoms with Crippen molar-refractivity contribution in [2.24, 2.45) is 5.11 Å². The fraction of sp³-hybridized carbons (Fsp3) is 0.227. The number of azide groups is 1. The Labute approximate surface area is 195 Å². The van der Waals surface area contributed by atoms with E-state index in [2.05, 4.69) is 30.3 Å². The van der Waals surface area contributed by atoms with E-state index in [-0.39, 0.29) is 12.6 Å². The number of pyridine rings is 1. The lowest BCUT2D eigenvalue weighted by Gasteiger charge is -2.29. The molecule has 1 aromatic carbocycles. The molecule has 0 spiro atoms. The number of hydrogen-bond donors (Lipinski definition) is 1. The molecule has 10 nitrogen and oxygen atoms in total. The van der Waals surface area contributed by atoms with Crippen LogP contribution in [-0.4, -0.2) is 47.0 Å². The summed E-state index contributed by atoms with van der Waals surface area (Å²) in [4.78, 5) is 21.5. The Morgan fingerprint density at radius 1 is 1.30 bits per heavy atom. The number of aromatic nitrogens is 3. The van der Waals surface area contributed by atoms with E-state index >= 15 is 0 Å². The second-order valence-corrected chi connectivity index (χ2v) is 7.60. The van der Waals surface area contributed by atoms with Crippen molar-refractivity contribution >= 4 is 35.0 Å². The highest BCUT2D eigenvalue weighted by molar-refractivity contribution is 6.33. The average molecular weight is 465 g/mol. The SMILES string of the molecule is [N-]=[N+]=NCn1cc(-c2ccncc2/C=C/C(=O)Nc2ccc(N3CCOCC3)c(Cl)c2)cn1. The molecule has 0 radical (unpaired) electrons. The minimum absolute atomic E-state index is 0.0993. The van der Waals surface area contributed by atoms with E-state index in [4.69, 9.17) is 21.9 Å². The minimum atomic E-state index is -0.293. The summed E-state index contributed by atoms with van der Waals surface area (Å²) in [6.45, 7) is 3.01. The van der Waals surface area contributed by atoms with Crippen LogP contribution in [0.15, 0.2) is 60.2 Å². The number of hydrogen-bond acceptors (Lipinski definition) is 6. The fourth-order valence-corrected chi connectivity index (χ4v) is 3.77. The van der Waals surface area contributed by atoms with Gasteiger partial charge in [-0.15, -0.1) is 0 Å². The van der Waals surface area contributed by atoms with E-state index in [9.17, 15) is 4.79 Å². The standard InChI is InChI=1S/C22H21ClN8O2/c23-20-11-18(2-3-21(20)30-7-9-33-10-8-30)28-22(32)4-1-16-12-25-6-5-19(16)17-13-27-31(14-17)15-26-29-24/h1-6,11-14H,7-10,15H2,(H,28,32)/b4-1+. The molecule has 3 heterocycles. The highest BCUT2D eigenvalue weighted by Crippen LogP contribution is 2.29. The Hall–Kier alpha value is -3.85. The highest BCUT2D eigenvalue weighted by atomic mass is 35.5. The van der Waals surface area contributed by atoms with Crippen LogP contribution in [0.4, 0.5) is 11.4 Å². The minimum Gasteiger partial charge on any atom is -0.378 e. The molecule has 1 amide bonds. The van der Waals surface area contributed by atoms with Gasteiger partial charge < -0.3 is 15.0 Å². The van der Waals surface area contributed by atoms with Crippen molar-refractivity contribution in [3.8, 4) is 11.1 Å². The van der Waals surface area contributed by atoms with Crippen LogP contribution in [0, 0.1) is 0 Å². The summed E-state index contributed by atoms with van der Waals surface area (Å²) >= 11 is 6.45. The summed E-state index contributed by atoms with van der Waals surface area (Å²) < 4.78 is 6.91. The van der Waals surface area contributed by atoms with Gasteiger partial charge in [-0.05, 0) is 41.4 Å². The molecule has 0 saturated carbocycles. The number of halogens is 1. The Bertz CT molecular complexity index is 1210. The number of nitrogens with one attached hydrogen (secondary N) is 1. The summed E-state index contributed by atoms with van der Waals surface area (Å²) in [5.41, 5.74) is 12.4. The van der Waals surface area contributed by atoms with Crippen molar-refractivity contribution in [1.82, 2.24) is 14.8 Å². The molecule has 33 heavy (non-hydrogen) atoms. The zero-order valence-electron chi connectivity index (χ0n) is 17.6. The van der Waals surface area contributed by atoms with Gasteiger partial charge in [-0.3, -0.25) is 14.5 Å². The van der Waals surface area contributed by atoms with Gasteiger partial charge in [0.15, 0.2) is 0 Å². The molecule has 11 heteroatoms. The van der Waals surface area contributed by atoms with Gasteiger partial charge in [0.2, 0.25) is 5.91 Å². The molecule has 4 rings (SSSR count). The Morgan fingerprint density at radius 2 is 2.15 bits per heavy atom. The molecule has 168 valence electrons. The lowest BCUT2D eigenvalue weighted by molar-refractivity contribution is -0.111. The fourth-order valence-electron chi connectivity index (χ4n) is 3.47. The first-order valence-corrected chi connectivity index (χ1v) is 10.6. The molecule has 0 aliphatic carbocycles. The lowest BCUT2D eigenvalue weighted by Crippen LogP contribution is -2.36. The predicted molar refractivity (Wildman–Crippen MR) is 127 cm³/mol. The van der Waals surface area contributed by atoms with Crippen molar-refractivity contribution < 1.29 is 9.53 Å². The van der Waals surface area contributed by atoms with Crippen LogP contribution in [0.1, 0.15) is 5.56 Å². The Kier molecular flexibility index (Phi) is 7.21. The van der Waals surface area contributed by atoms with E-state index in [1.165, 1.54) is 10.8 Å². The summed E-state index contributed by atoms with van der Waals surface area (Å²) in [5, 5.41) is 11.1. The van der Waals surface area contributed by atoms with Crippen LogP contribution in [0.25, 0.3) is 27.6 Å². The molecule has 1 N–H and O–H groups in total. The molecular weight excluding hydrogens is 444 g/mol. The molecular formula is C22H21ClN8O2. The molecule has 2 aromatic heterocycles. The maximum Gasteiger partial charge on any atom is 0.248 e. The van der Waals surface area contributed by atoms with Crippen LogP contribution < -0.4 is 10.2 Å². The summed E-state index contributed by atoms with van der Waals surface area (Å²) in [7, 11) is 0. The monoisotopic (exact) mass is 464 g/mol. The first kappa shape index (κ1) is 22.3. The number of carbonyl (C=O) groups excluding carboxylic acids is 1. The summed E-state index contributed by atoms with van der Waals surface area (Å²) in [6, 6.07) is 7.30. The third kappa shape index (κ3) is 5.69. The van der Waals surface area contributed by atoms with Gasteiger partial charge >= 0.3 is 0 Å². The van der Waals surface area contributed by atoms with Crippen molar-refractivity contribution in [3.05, 3.63) is 76.2 Å². The first-order chi connectivity index (χ1) is 16.1. The third-order valence-electron chi connectivity index (χ3n) is 5.05. The second kappa shape index (κ2) is 10.6. The average Bonchev–Trinajstić information content (AvgIpc) is 3.31. The number of benzene rings is 1. The first-order valence-electron chi connectivity index (χ1n) is 10.2. The van der Waals surface area contributed by atoms with Crippen molar-refractivity contribution in [3.63, 3.8) is 0 Å². The van der Waals surface area contributed by atoms with Gasteiger partial charge in [0.05, 0.1) is 30.1 Å². The molecule has 0 atom stereocenters. The van der Waals surface area contributed by atoms with Gasteiger partial charge in [0, 0.05) is 59.5 Å². The Balaban J connectivity index is 1.44. The molecule has 3 aromatic rings. The van der Waals surface area contributed by atoms with Crippen LogP contribution in [0.2, 0.25) is 5.02 Å². The van der Waals surface area contributed by atoms with Crippen molar-refractivity contribution in [2.75, 3.05) is 36.5 Å². The number of ether oxygens (including phenoxy) is 1. The molecule has 0 unspecified atom stereocenters. The van der Waals surface area contributed by atoms with Gasteiger partial charge in [-0.1, -0.05) is 16.7 Å². The number of anilines is 2. The van der Waals surface area contributed by atoms with E-state index in [0.717, 1.165) is 35.5 Å². The van der Waals surface area contributed by atoms with Gasteiger partial charge in [-0.2, -0.15) is 5.10 Å². The number of rotatable bonds is 7. The molecule has 1 saturated heterocycles. The molecule has 1 fully saturated rings. The Morgan fingerprint density at radius 3 is 2.94 bits per heavy atom. The number of morpholine rings is 1. The largest absolute Gasteiger partial charge is 0.378 e. The topological polar surface area (TPSA) is 121 Å². The van der Waals surface area contributed by atoms with Crippen LogP contribution in [0.5, 0.6) is 0 Å². The van der Waals surface area contributed by atoms with Crippen molar-refractivity contribution in [2.45, 2.75) is 6.67 Å². The smallest absolute Gasteiger partial charge is 0.248 e. The lowest BCUT2D eigenvalue weighted by atomic mass is 10.0. The zero-order chi connectivity index (χ0) is 23.0. The van der Waals surface area contributed by atoms with E-state index in [1.807, 2.05) is 18.2 Å². The maximum absolute atomic E-state index is 12.5. The molecule has 1 aliphatic rings. The summed E-state index contributed by atoms with van der Waals surface area (Å²) in [5.74, 6) is -0.293. The van der Waals surface area contributed by atoms with Gasteiger partial charge in [-0.25, -0.2) is 0 Å². The number of carbonyl (C=O) groups is 1. The van der Waals surface area contributed by atoms with E-state index in [0.29, 0.717) is 23.9 Å². The van der Waals surface area contributed by atoms with Crippen LogP contribution >= 0.6 is 11.6 Å². The number of amides is 1. The van der Waals surface area contributed by atoms with E-state index in [1.54, 1.807) is 36.9 Å². The predicted octanol–water partition coefficient (Wildman–Crippen LogP) is 4.35. The van der Waals surface area contributed by atoms with Crippen molar-refractivity contribution in [1.29, 1.82) is 0 Å². The molecule has 0 bridgehead atoms. The molecule has 1 aliphatic heterocycles.